The summed E-state index contributed by atoms with van der Waals surface area (Å²) in [6, 6.07) is 4.58. The maximum absolute atomic E-state index is 12.9. The Kier molecular flexibility index (Phi) is 4.04. The van der Waals surface area contributed by atoms with E-state index in [1.165, 1.54) is 0 Å². The summed E-state index contributed by atoms with van der Waals surface area (Å²) in [5.41, 5.74) is -0.0498. The van der Waals surface area contributed by atoms with Crippen LogP contribution >= 0.6 is 0 Å². The van der Waals surface area contributed by atoms with Crippen molar-refractivity contribution < 1.29 is 17.7 Å². The first kappa shape index (κ1) is 18.0. The minimum atomic E-state index is -4.47. The van der Waals surface area contributed by atoms with Crippen molar-refractivity contribution in [3.05, 3.63) is 48.4 Å². The molecular weight excluding hydrogens is 385 g/mol. The van der Waals surface area contributed by atoms with Crippen molar-refractivity contribution in [1.29, 1.82) is 0 Å². The molecule has 0 amide bonds. The smallest absolute Gasteiger partial charge is 0.341 e. The number of anilines is 1. The summed E-state index contributed by atoms with van der Waals surface area (Å²) >= 11 is 0. The molecule has 0 radical (unpaired) electrons. The van der Waals surface area contributed by atoms with Crippen molar-refractivity contribution in [2.45, 2.75) is 31.4 Å². The van der Waals surface area contributed by atoms with E-state index in [9.17, 15) is 13.2 Å². The first-order valence-corrected chi connectivity index (χ1v) is 9.34. The predicted molar refractivity (Wildman–Crippen MR) is 95.8 cm³/mol. The summed E-state index contributed by atoms with van der Waals surface area (Å²) < 4.78 is 44.2. The molecule has 5 rings (SSSR count). The highest BCUT2D eigenvalue weighted by Crippen LogP contribution is 2.64. The van der Waals surface area contributed by atoms with E-state index in [-0.39, 0.29) is 17.3 Å². The maximum Gasteiger partial charge on any atom is 0.433 e. The lowest BCUT2D eigenvalue weighted by atomic mass is 9.91. The Morgan fingerprint density at radius 1 is 1.10 bits per heavy atom. The zero-order valence-electron chi connectivity index (χ0n) is 15.3. The molecule has 0 aromatic carbocycles. The molecule has 2 fully saturated rings. The zero-order chi connectivity index (χ0) is 20.1. The molecule has 10 heteroatoms. The van der Waals surface area contributed by atoms with Crippen molar-refractivity contribution in [3.63, 3.8) is 0 Å². The van der Waals surface area contributed by atoms with Crippen LogP contribution in [0.1, 0.15) is 36.8 Å². The molecule has 7 nitrogen and oxygen atoms in total. The van der Waals surface area contributed by atoms with E-state index in [1.54, 1.807) is 12.4 Å². The van der Waals surface area contributed by atoms with Crippen molar-refractivity contribution >= 4 is 5.95 Å². The van der Waals surface area contributed by atoms with Gasteiger partial charge in [0.15, 0.2) is 0 Å². The summed E-state index contributed by atoms with van der Waals surface area (Å²) in [7, 11) is 0. The van der Waals surface area contributed by atoms with E-state index in [4.69, 9.17) is 4.52 Å². The van der Waals surface area contributed by atoms with Crippen LogP contribution in [0.3, 0.4) is 0 Å². The van der Waals surface area contributed by atoms with Gasteiger partial charge in [0.1, 0.15) is 5.69 Å². The largest absolute Gasteiger partial charge is 0.433 e. The lowest BCUT2D eigenvalue weighted by Gasteiger charge is -2.32. The number of pyridine rings is 1. The molecule has 1 saturated carbocycles. The van der Waals surface area contributed by atoms with Crippen molar-refractivity contribution in [3.8, 4) is 11.4 Å². The van der Waals surface area contributed by atoms with Crippen LogP contribution in [-0.4, -0.2) is 38.2 Å². The molecule has 29 heavy (non-hydrogen) atoms. The first-order chi connectivity index (χ1) is 13.9. The summed E-state index contributed by atoms with van der Waals surface area (Å²) in [6.45, 7) is 1.20. The molecule has 150 valence electrons. The number of hydrogen-bond donors (Lipinski definition) is 0. The molecule has 0 bridgehead atoms. The number of rotatable bonds is 3. The molecule has 3 aromatic rings. The van der Waals surface area contributed by atoms with Gasteiger partial charge in [-0.2, -0.15) is 18.2 Å². The van der Waals surface area contributed by atoms with Crippen molar-refractivity contribution in [2.24, 2.45) is 5.41 Å². The third kappa shape index (κ3) is 3.32. The highest BCUT2D eigenvalue weighted by molar-refractivity contribution is 5.52. The Hall–Kier alpha value is -3.04. The van der Waals surface area contributed by atoms with Crippen LogP contribution < -0.4 is 4.90 Å². The number of aromatic nitrogens is 5. The summed E-state index contributed by atoms with van der Waals surface area (Å²) in [6.07, 6.45) is 2.64. The lowest BCUT2D eigenvalue weighted by molar-refractivity contribution is -0.141. The normalized spacial score (nSPS) is 20.8. The highest BCUT2D eigenvalue weighted by Gasteiger charge is 2.58. The Morgan fingerprint density at radius 2 is 1.93 bits per heavy atom. The molecule has 1 saturated heterocycles. The fourth-order valence-corrected chi connectivity index (χ4v) is 4.05. The lowest BCUT2D eigenvalue weighted by Crippen LogP contribution is -2.36. The summed E-state index contributed by atoms with van der Waals surface area (Å²) in [5.74, 6) is 1.45. The second kappa shape index (κ2) is 6.50. The van der Waals surface area contributed by atoms with Gasteiger partial charge in [0.25, 0.3) is 0 Å². The number of halogens is 3. The van der Waals surface area contributed by atoms with Crippen LogP contribution in [0.2, 0.25) is 0 Å². The van der Waals surface area contributed by atoms with Crippen LogP contribution in [0.15, 0.2) is 41.3 Å². The Morgan fingerprint density at radius 3 is 2.66 bits per heavy atom. The standard InChI is InChI=1S/C19H17F3N6O/c20-19(21,22)14-3-7-24-17(25-14)28-8-4-18(5-9-28)10-13(18)16-26-15(27-29-16)12-2-1-6-23-11-12/h1-3,6-7,11,13H,4-5,8-10H2. The monoisotopic (exact) mass is 402 g/mol. The topological polar surface area (TPSA) is 80.8 Å². The number of hydrogen-bond acceptors (Lipinski definition) is 7. The SMILES string of the molecule is FC(F)(F)c1ccnc(N2CCC3(CC2)CC3c2nc(-c3cccnc3)no2)n1. The second-order valence-corrected chi connectivity index (χ2v) is 7.54. The molecule has 1 spiro atoms. The van der Waals surface area contributed by atoms with Gasteiger partial charge in [-0.15, -0.1) is 0 Å². The van der Waals surface area contributed by atoms with Crippen molar-refractivity contribution in [2.75, 3.05) is 18.0 Å². The maximum atomic E-state index is 12.9. The Labute approximate surface area is 164 Å². The predicted octanol–water partition coefficient (Wildman–Crippen LogP) is 3.71. The first-order valence-electron chi connectivity index (χ1n) is 9.34. The van der Waals surface area contributed by atoms with Gasteiger partial charge >= 0.3 is 6.18 Å². The summed E-state index contributed by atoms with van der Waals surface area (Å²) in [4.78, 5) is 18.1. The van der Waals surface area contributed by atoms with Gasteiger partial charge < -0.3 is 9.42 Å². The second-order valence-electron chi connectivity index (χ2n) is 7.54. The van der Waals surface area contributed by atoms with Gasteiger partial charge in [-0.1, -0.05) is 5.16 Å². The third-order valence-corrected chi connectivity index (χ3v) is 5.82. The Balaban J connectivity index is 1.26. The van der Waals surface area contributed by atoms with E-state index in [2.05, 4.69) is 25.1 Å². The molecule has 1 unspecified atom stereocenters. The van der Waals surface area contributed by atoms with E-state index >= 15 is 0 Å². The average Bonchev–Trinajstić information content (AvgIpc) is 3.20. The molecule has 1 aliphatic carbocycles. The van der Waals surface area contributed by atoms with E-state index < -0.39 is 11.9 Å². The van der Waals surface area contributed by atoms with Gasteiger partial charge in [-0.25, -0.2) is 9.97 Å². The average molecular weight is 402 g/mol. The van der Waals surface area contributed by atoms with Crippen LogP contribution in [-0.2, 0) is 6.18 Å². The molecule has 2 aliphatic rings. The highest BCUT2D eigenvalue weighted by atomic mass is 19.4. The van der Waals surface area contributed by atoms with Crippen molar-refractivity contribution in [1.82, 2.24) is 25.1 Å². The molecule has 3 aromatic heterocycles. The molecular formula is C19H17F3N6O. The van der Waals surface area contributed by atoms with Gasteiger partial charge in [0, 0.05) is 43.2 Å². The minimum absolute atomic E-state index is 0.0663. The Bertz CT molecular complexity index is 1010. The van der Waals surface area contributed by atoms with E-state index in [0.717, 1.165) is 37.1 Å². The fourth-order valence-electron chi connectivity index (χ4n) is 4.05. The van der Waals surface area contributed by atoms with Gasteiger partial charge in [-0.3, -0.25) is 4.98 Å². The van der Waals surface area contributed by atoms with Crippen LogP contribution in [0.25, 0.3) is 11.4 Å². The number of nitrogens with zero attached hydrogens (tertiary/aromatic N) is 6. The van der Waals surface area contributed by atoms with Crippen LogP contribution in [0.4, 0.5) is 19.1 Å². The fraction of sp³-hybridized carbons (Fsp3) is 0.421. The van der Waals surface area contributed by atoms with Crippen LogP contribution in [0.5, 0.6) is 0 Å². The van der Waals surface area contributed by atoms with Gasteiger partial charge in [0.05, 0.1) is 0 Å². The molecule has 0 N–H and O–H groups in total. The van der Waals surface area contributed by atoms with Gasteiger partial charge in [0.2, 0.25) is 17.7 Å². The minimum Gasteiger partial charge on any atom is -0.341 e. The zero-order valence-corrected chi connectivity index (χ0v) is 15.3. The number of alkyl halides is 3. The van der Waals surface area contributed by atoms with Crippen LogP contribution in [0, 0.1) is 5.41 Å². The quantitative estimate of drug-likeness (QED) is 0.661. The third-order valence-electron chi connectivity index (χ3n) is 5.82. The number of piperidine rings is 1. The summed E-state index contributed by atoms with van der Waals surface area (Å²) in [5, 5.41) is 4.06. The van der Waals surface area contributed by atoms with E-state index in [0.29, 0.717) is 24.8 Å². The molecule has 1 aliphatic heterocycles. The van der Waals surface area contributed by atoms with Gasteiger partial charge in [-0.05, 0) is 42.9 Å². The molecule has 4 heterocycles. The molecule has 1 atom stereocenters. The van der Waals surface area contributed by atoms with E-state index in [1.807, 2.05) is 17.0 Å².